The lowest BCUT2D eigenvalue weighted by atomic mass is 10.2. The minimum Gasteiger partial charge on any atom is -0.369 e. The lowest BCUT2D eigenvalue weighted by Gasteiger charge is -2.11. The monoisotopic (exact) mass is 302 g/mol. The highest BCUT2D eigenvalue weighted by Gasteiger charge is 2.10. The number of amides is 1. The number of carbonyl (C=O) groups excluding carboxylic acids is 1. The Kier molecular flexibility index (Phi) is 5.43. The second-order valence-corrected chi connectivity index (χ2v) is 5.10. The average Bonchev–Trinajstić information content (AvgIpc) is 2.49. The van der Waals surface area contributed by atoms with Gasteiger partial charge in [-0.1, -0.05) is 12.1 Å². The molecule has 0 aliphatic heterocycles. The van der Waals surface area contributed by atoms with E-state index < -0.39 is 11.7 Å². The second-order valence-electron chi connectivity index (χ2n) is 5.10. The second kappa shape index (κ2) is 7.51. The summed E-state index contributed by atoms with van der Waals surface area (Å²) in [6, 6.07) is 9.35. The van der Waals surface area contributed by atoms with Gasteiger partial charge in [0.25, 0.3) is 5.91 Å². The fourth-order valence-electron chi connectivity index (χ4n) is 1.82. The van der Waals surface area contributed by atoms with Crippen LogP contribution in [0.25, 0.3) is 0 Å². The number of anilines is 2. The maximum Gasteiger partial charge on any atom is 0.258 e. The molecule has 2 rings (SSSR count). The molecule has 0 aliphatic rings. The average molecular weight is 302 g/mol. The van der Waals surface area contributed by atoms with Gasteiger partial charge in [-0.25, -0.2) is 9.37 Å². The molecule has 0 bridgehead atoms. The van der Waals surface area contributed by atoms with Crippen molar-refractivity contribution in [1.29, 1.82) is 0 Å². The fraction of sp³-hybridized carbons (Fsp3) is 0.250. The Balaban J connectivity index is 1.94. The minimum atomic E-state index is -0.546. The van der Waals surface area contributed by atoms with Crippen LogP contribution < -0.4 is 10.6 Å². The Morgan fingerprint density at radius 1 is 1.23 bits per heavy atom. The summed E-state index contributed by atoms with van der Waals surface area (Å²) in [5.41, 5.74) is 0.530. The van der Waals surface area contributed by atoms with E-state index in [1.807, 2.05) is 14.1 Å². The van der Waals surface area contributed by atoms with Crippen LogP contribution in [0.5, 0.6) is 0 Å². The summed E-state index contributed by atoms with van der Waals surface area (Å²) in [6.45, 7) is 1.67. The van der Waals surface area contributed by atoms with Gasteiger partial charge in [0, 0.05) is 13.1 Å². The highest BCUT2D eigenvalue weighted by atomic mass is 19.1. The Labute approximate surface area is 129 Å². The van der Waals surface area contributed by atoms with E-state index in [0.29, 0.717) is 5.69 Å². The van der Waals surface area contributed by atoms with Gasteiger partial charge in [0.15, 0.2) is 0 Å². The summed E-state index contributed by atoms with van der Waals surface area (Å²) in [4.78, 5) is 18.2. The molecule has 2 N–H and O–H groups in total. The van der Waals surface area contributed by atoms with Gasteiger partial charge in [-0.05, 0) is 38.4 Å². The third-order valence-electron chi connectivity index (χ3n) is 3.00. The summed E-state index contributed by atoms with van der Waals surface area (Å²) in [5.74, 6) is -0.311. The normalized spacial score (nSPS) is 10.5. The SMILES string of the molecule is CN(C)CCNc1ccc(NC(=O)c2ccccc2F)cn1. The van der Waals surface area contributed by atoms with Crippen molar-refractivity contribution >= 4 is 17.4 Å². The minimum absolute atomic E-state index is 0.00989. The zero-order chi connectivity index (χ0) is 15.9. The number of hydrogen-bond acceptors (Lipinski definition) is 4. The first-order valence-corrected chi connectivity index (χ1v) is 6.97. The van der Waals surface area contributed by atoms with Crippen LogP contribution in [0, 0.1) is 5.82 Å². The molecule has 0 aliphatic carbocycles. The van der Waals surface area contributed by atoms with Crippen molar-refractivity contribution in [1.82, 2.24) is 9.88 Å². The topological polar surface area (TPSA) is 57.3 Å². The number of rotatable bonds is 6. The van der Waals surface area contributed by atoms with Gasteiger partial charge in [-0.15, -0.1) is 0 Å². The molecule has 0 saturated heterocycles. The third-order valence-corrected chi connectivity index (χ3v) is 3.00. The molecule has 5 nitrogen and oxygen atoms in total. The molecule has 22 heavy (non-hydrogen) atoms. The van der Waals surface area contributed by atoms with Gasteiger partial charge in [-0.3, -0.25) is 4.79 Å². The molecule has 1 aromatic heterocycles. The van der Waals surface area contributed by atoms with Gasteiger partial charge in [-0.2, -0.15) is 0 Å². The first-order valence-electron chi connectivity index (χ1n) is 6.97. The van der Waals surface area contributed by atoms with Crippen molar-refractivity contribution in [2.24, 2.45) is 0 Å². The smallest absolute Gasteiger partial charge is 0.258 e. The molecular formula is C16H19FN4O. The molecule has 0 radical (unpaired) electrons. The molecule has 1 aromatic carbocycles. The number of aromatic nitrogens is 1. The molecule has 2 aromatic rings. The largest absolute Gasteiger partial charge is 0.369 e. The summed E-state index contributed by atoms with van der Waals surface area (Å²) in [5, 5.41) is 5.79. The van der Waals surface area contributed by atoms with Crippen LogP contribution in [0.3, 0.4) is 0 Å². The van der Waals surface area contributed by atoms with Crippen LogP contribution in [0.2, 0.25) is 0 Å². The number of hydrogen-bond donors (Lipinski definition) is 2. The van der Waals surface area contributed by atoms with E-state index in [1.165, 1.54) is 18.3 Å². The highest BCUT2D eigenvalue weighted by Crippen LogP contribution is 2.13. The van der Waals surface area contributed by atoms with Crippen LogP contribution in [-0.2, 0) is 0 Å². The fourth-order valence-corrected chi connectivity index (χ4v) is 1.82. The van der Waals surface area contributed by atoms with Crippen LogP contribution in [0.1, 0.15) is 10.4 Å². The van der Waals surface area contributed by atoms with E-state index in [9.17, 15) is 9.18 Å². The lowest BCUT2D eigenvalue weighted by Crippen LogP contribution is -2.21. The Morgan fingerprint density at radius 3 is 2.64 bits per heavy atom. The summed E-state index contributed by atoms with van der Waals surface area (Å²) in [6.07, 6.45) is 1.54. The molecule has 1 heterocycles. The van der Waals surface area contributed by atoms with E-state index in [4.69, 9.17) is 0 Å². The van der Waals surface area contributed by atoms with Crippen molar-refractivity contribution < 1.29 is 9.18 Å². The number of benzene rings is 1. The number of halogens is 1. The standard InChI is InChI=1S/C16H19FN4O/c1-21(2)10-9-18-15-8-7-12(11-19-15)20-16(22)13-5-3-4-6-14(13)17/h3-8,11H,9-10H2,1-2H3,(H,18,19)(H,20,22). The van der Waals surface area contributed by atoms with E-state index in [1.54, 1.807) is 24.3 Å². The predicted octanol–water partition coefficient (Wildman–Crippen LogP) is 2.45. The predicted molar refractivity (Wildman–Crippen MR) is 85.6 cm³/mol. The number of likely N-dealkylation sites (N-methyl/N-ethyl adjacent to an activating group) is 1. The van der Waals surface area contributed by atoms with Gasteiger partial charge >= 0.3 is 0 Å². The molecule has 6 heteroatoms. The highest BCUT2D eigenvalue weighted by molar-refractivity contribution is 6.04. The van der Waals surface area contributed by atoms with Crippen LogP contribution in [0.4, 0.5) is 15.9 Å². The van der Waals surface area contributed by atoms with E-state index in [2.05, 4.69) is 20.5 Å². The number of carbonyl (C=O) groups is 1. The molecule has 0 unspecified atom stereocenters. The quantitative estimate of drug-likeness (QED) is 0.860. The first kappa shape index (κ1) is 15.9. The molecular weight excluding hydrogens is 283 g/mol. The molecule has 0 fully saturated rings. The van der Waals surface area contributed by atoms with Gasteiger partial charge < -0.3 is 15.5 Å². The maximum atomic E-state index is 13.5. The number of nitrogens with one attached hydrogen (secondary N) is 2. The summed E-state index contributed by atoms with van der Waals surface area (Å²) >= 11 is 0. The third kappa shape index (κ3) is 4.53. The summed E-state index contributed by atoms with van der Waals surface area (Å²) in [7, 11) is 3.99. The van der Waals surface area contributed by atoms with E-state index >= 15 is 0 Å². The molecule has 0 spiro atoms. The van der Waals surface area contributed by atoms with Crippen LogP contribution in [-0.4, -0.2) is 43.0 Å². The van der Waals surface area contributed by atoms with Crippen molar-refractivity contribution in [3.63, 3.8) is 0 Å². The molecule has 1 amide bonds. The Bertz CT molecular complexity index is 628. The number of pyridine rings is 1. The first-order chi connectivity index (χ1) is 10.6. The zero-order valence-corrected chi connectivity index (χ0v) is 12.6. The van der Waals surface area contributed by atoms with Crippen molar-refractivity contribution in [2.45, 2.75) is 0 Å². The Hall–Kier alpha value is -2.47. The van der Waals surface area contributed by atoms with Gasteiger partial charge in [0.2, 0.25) is 0 Å². The van der Waals surface area contributed by atoms with Gasteiger partial charge in [0.1, 0.15) is 11.6 Å². The van der Waals surface area contributed by atoms with Crippen molar-refractivity contribution in [3.8, 4) is 0 Å². The molecule has 116 valence electrons. The van der Waals surface area contributed by atoms with E-state index in [-0.39, 0.29) is 5.56 Å². The zero-order valence-electron chi connectivity index (χ0n) is 12.6. The van der Waals surface area contributed by atoms with Gasteiger partial charge in [0.05, 0.1) is 17.4 Å². The number of nitrogens with zero attached hydrogens (tertiary/aromatic N) is 2. The van der Waals surface area contributed by atoms with Crippen LogP contribution >= 0.6 is 0 Å². The van der Waals surface area contributed by atoms with Crippen molar-refractivity contribution in [3.05, 3.63) is 54.0 Å². The van der Waals surface area contributed by atoms with Crippen molar-refractivity contribution in [2.75, 3.05) is 37.8 Å². The Morgan fingerprint density at radius 2 is 2.00 bits per heavy atom. The maximum absolute atomic E-state index is 13.5. The molecule has 0 saturated carbocycles. The summed E-state index contributed by atoms with van der Waals surface area (Å²) < 4.78 is 13.5. The van der Waals surface area contributed by atoms with E-state index in [0.717, 1.165) is 18.9 Å². The lowest BCUT2D eigenvalue weighted by molar-refractivity contribution is 0.102. The molecule has 0 atom stereocenters. The van der Waals surface area contributed by atoms with Crippen LogP contribution in [0.15, 0.2) is 42.6 Å².